The van der Waals surface area contributed by atoms with Crippen LogP contribution in [0, 0.1) is 11.3 Å². The highest BCUT2D eigenvalue weighted by molar-refractivity contribution is 7.20. The molecular formula is C12H10N2O3S. The zero-order chi connectivity index (χ0) is 13.1. The van der Waals surface area contributed by atoms with E-state index in [0.717, 1.165) is 11.3 Å². The van der Waals surface area contributed by atoms with Gasteiger partial charge in [0, 0.05) is 6.20 Å². The van der Waals surface area contributed by atoms with Gasteiger partial charge in [-0.2, -0.15) is 5.26 Å². The number of thiophene rings is 1. The number of hydrogen-bond donors (Lipinski definition) is 0. The van der Waals surface area contributed by atoms with E-state index in [1.54, 1.807) is 19.2 Å². The molecule has 0 saturated heterocycles. The number of carbonyl (C=O) groups is 1. The van der Waals surface area contributed by atoms with Crippen molar-refractivity contribution in [2.45, 2.75) is 6.92 Å². The summed E-state index contributed by atoms with van der Waals surface area (Å²) < 4.78 is 10.1. The summed E-state index contributed by atoms with van der Waals surface area (Å²) in [7, 11) is 1.51. The highest BCUT2D eigenvalue weighted by Gasteiger charge is 2.22. The van der Waals surface area contributed by atoms with E-state index in [0.29, 0.717) is 16.0 Å². The molecule has 0 bridgehead atoms. The molecule has 0 N–H and O–H groups in total. The van der Waals surface area contributed by atoms with Crippen LogP contribution in [-0.4, -0.2) is 24.7 Å². The zero-order valence-corrected chi connectivity index (χ0v) is 10.7. The summed E-state index contributed by atoms with van der Waals surface area (Å²) in [5.74, 6) is 0.0300. The number of rotatable bonds is 3. The normalized spacial score (nSPS) is 10.1. The van der Waals surface area contributed by atoms with Crippen molar-refractivity contribution in [2.75, 3.05) is 13.7 Å². The second-order valence-electron chi connectivity index (χ2n) is 3.33. The second-order valence-corrected chi connectivity index (χ2v) is 4.33. The van der Waals surface area contributed by atoms with Crippen LogP contribution in [-0.2, 0) is 4.74 Å². The van der Waals surface area contributed by atoms with Crippen LogP contribution in [0.2, 0.25) is 0 Å². The number of esters is 1. The van der Waals surface area contributed by atoms with Gasteiger partial charge < -0.3 is 9.47 Å². The lowest BCUT2D eigenvalue weighted by Gasteiger charge is -2.01. The maximum atomic E-state index is 11.8. The summed E-state index contributed by atoms with van der Waals surface area (Å²) in [5.41, 5.74) is 0.262. The molecular weight excluding hydrogens is 252 g/mol. The van der Waals surface area contributed by atoms with Crippen LogP contribution in [0.3, 0.4) is 0 Å². The molecule has 18 heavy (non-hydrogen) atoms. The van der Waals surface area contributed by atoms with E-state index < -0.39 is 5.97 Å². The Balaban J connectivity index is 2.70. The minimum absolute atomic E-state index is 0.262. The molecule has 0 aromatic carbocycles. The molecule has 0 spiro atoms. The summed E-state index contributed by atoms with van der Waals surface area (Å²) >= 11 is 1.14. The first-order chi connectivity index (χ1) is 8.72. The third-order valence-electron chi connectivity index (χ3n) is 2.35. The molecule has 6 heteroatoms. The van der Waals surface area contributed by atoms with Gasteiger partial charge in [-0.1, -0.05) is 0 Å². The Morgan fingerprint density at radius 2 is 2.39 bits per heavy atom. The monoisotopic (exact) mass is 262 g/mol. The van der Waals surface area contributed by atoms with E-state index in [1.807, 2.05) is 6.07 Å². The highest BCUT2D eigenvalue weighted by Crippen LogP contribution is 2.35. The topological polar surface area (TPSA) is 72.2 Å². The molecule has 0 aliphatic rings. The number of nitriles is 1. The Labute approximate surface area is 108 Å². The Hall–Kier alpha value is -2.13. The summed E-state index contributed by atoms with van der Waals surface area (Å²) in [4.78, 5) is 16.8. The van der Waals surface area contributed by atoms with Crippen molar-refractivity contribution in [3.63, 3.8) is 0 Å². The van der Waals surface area contributed by atoms with E-state index in [4.69, 9.17) is 9.47 Å². The lowest BCUT2D eigenvalue weighted by atomic mass is 10.2. The van der Waals surface area contributed by atoms with Gasteiger partial charge >= 0.3 is 5.97 Å². The minimum atomic E-state index is -0.501. The lowest BCUT2D eigenvalue weighted by molar-refractivity contribution is 0.0532. The first-order valence-corrected chi connectivity index (χ1v) is 6.07. The molecule has 2 rings (SSSR count). The Kier molecular flexibility index (Phi) is 3.44. The zero-order valence-electron chi connectivity index (χ0n) is 9.89. The van der Waals surface area contributed by atoms with Crippen molar-refractivity contribution in [1.82, 2.24) is 4.98 Å². The molecule has 0 atom stereocenters. The number of carbonyl (C=O) groups excluding carboxylic acids is 1. The van der Waals surface area contributed by atoms with Crippen LogP contribution in [0.4, 0.5) is 0 Å². The molecule has 5 nitrogen and oxygen atoms in total. The Bertz CT molecular complexity index is 643. The third kappa shape index (κ3) is 1.89. The summed E-state index contributed by atoms with van der Waals surface area (Å²) in [6, 6.07) is 3.68. The first kappa shape index (κ1) is 12.3. The molecule has 92 valence electrons. The van der Waals surface area contributed by atoms with Crippen LogP contribution in [0.5, 0.6) is 5.75 Å². The fraction of sp³-hybridized carbons (Fsp3) is 0.250. The Morgan fingerprint density at radius 1 is 1.61 bits per heavy atom. The summed E-state index contributed by atoms with van der Waals surface area (Å²) in [6.45, 7) is 1.98. The van der Waals surface area contributed by atoms with Crippen LogP contribution in [0.1, 0.15) is 22.2 Å². The van der Waals surface area contributed by atoms with Gasteiger partial charge in [0.2, 0.25) is 0 Å². The van der Waals surface area contributed by atoms with Crippen molar-refractivity contribution in [2.24, 2.45) is 0 Å². The van der Waals surface area contributed by atoms with Crippen LogP contribution in [0.25, 0.3) is 10.2 Å². The van der Waals surface area contributed by atoms with Crippen molar-refractivity contribution < 1.29 is 14.3 Å². The molecule has 2 heterocycles. The van der Waals surface area contributed by atoms with Gasteiger partial charge in [-0.15, -0.1) is 11.3 Å². The van der Waals surface area contributed by atoms with E-state index in [2.05, 4.69) is 4.98 Å². The summed E-state index contributed by atoms with van der Waals surface area (Å²) in [5, 5.41) is 9.77. The van der Waals surface area contributed by atoms with E-state index in [1.165, 1.54) is 7.11 Å². The molecule has 2 aromatic heterocycles. The van der Waals surface area contributed by atoms with Gasteiger partial charge in [0.1, 0.15) is 21.5 Å². The number of hydrogen-bond acceptors (Lipinski definition) is 6. The predicted octanol–water partition coefficient (Wildman–Crippen LogP) is 2.35. The molecule has 0 aliphatic carbocycles. The standard InChI is InChI=1S/C12H10N2O3S/c1-3-17-12(15)10-7(6-13)9-8(16-2)4-5-14-11(9)18-10/h4-5H,3H2,1-2H3. The number of fused-ring (bicyclic) bond motifs is 1. The van der Waals surface area contributed by atoms with Crippen molar-refractivity contribution in [1.29, 1.82) is 5.26 Å². The number of methoxy groups -OCH3 is 1. The second kappa shape index (κ2) is 5.02. The predicted molar refractivity (Wildman–Crippen MR) is 66.8 cm³/mol. The van der Waals surface area contributed by atoms with Gasteiger partial charge in [-0.05, 0) is 13.0 Å². The molecule has 2 aromatic rings. The van der Waals surface area contributed by atoms with Gasteiger partial charge in [0.25, 0.3) is 0 Å². The average molecular weight is 262 g/mol. The number of pyridine rings is 1. The average Bonchev–Trinajstić information content (AvgIpc) is 2.77. The molecule has 0 amide bonds. The van der Waals surface area contributed by atoms with Crippen molar-refractivity contribution in [3.8, 4) is 11.8 Å². The Morgan fingerprint density at radius 3 is 3.00 bits per heavy atom. The fourth-order valence-electron chi connectivity index (χ4n) is 1.61. The minimum Gasteiger partial charge on any atom is -0.496 e. The number of aromatic nitrogens is 1. The molecule has 0 radical (unpaired) electrons. The first-order valence-electron chi connectivity index (χ1n) is 5.25. The summed E-state index contributed by atoms with van der Waals surface area (Å²) in [6.07, 6.45) is 1.58. The fourth-order valence-corrected chi connectivity index (χ4v) is 2.62. The molecule has 0 fully saturated rings. The smallest absolute Gasteiger partial charge is 0.349 e. The van der Waals surface area contributed by atoms with Crippen LogP contribution >= 0.6 is 11.3 Å². The van der Waals surface area contributed by atoms with E-state index in [9.17, 15) is 10.1 Å². The molecule has 0 saturated carbocycles. The molecule has 0 aliphatic heterocycles. The van der Waals surface area contributed by atoms with Gasteiger partial charge in [-0.25, -0.2) is 9.78 Å². The number of nitrogens with zero attached hydrogens (tertiary/aromatic N) is 2. The lowest BCUT2D eigenvalue weighted by Crippen LogP contribution is -2.03. The van der Waals surface area contributed by atoms with E-state index >= 15 is 0 Å². The quantitative estimate of drug-likeness (QED) is 0.794. The van der Waals surface area contributed by atoms with Crippen molar-refractivity contribution >= 4 is 27.5 Å². The largest absolute Gasteiger partial charge is 0.496 e. The van der Waals surface area contributed by atoms with Gasteiger partial charge in [-0.3, -0.25) is 0 Å². The molecule has 0 unspecified atom stereocenters. The maximum Gasteiger partial charge on any atom is 0.349 e. The SMILES string of the molecule is CCOC(=O)c1sc2nccc(OC)c2c1C#N. The van der Waals surface area contributed by atoms with Gasteiger partial charge in [0.05, 0.1) is 24.7 Å². The third-order valence-corrected chi connectivity index (χ3v) is 3.42. The van der Waals surface area contributed by atoms with Crippen LogP contribution in [0.15, 0.2) is 12.3 Å². The number of ether oxygens (including phenoxy) is 2. The maximum absolute atomic E-state index is 11.8. The van der Waals surface area contributed by atoms with Crippen molar-refractivity contribution in [3.05, 3.63) is 22.7 Å². The van der Waals surface area contributed by atoms with Gasteiger partial charge in [0.15, 0.2) is 0 Å². The van der Waals surface area contributed by atoms with Crippen LogP contribution < -0.4 is 4.74 Å². The van der Waals surface area contributed by atoms with E-state index in [-0.39, 0.29) is 17.0 Å². The highest BCUT2D eigenvalue weighted by atomic mass is 32.1.